The molecule has 1 aromatic rings. The molecule has 0 aromatic heterocycles. The molecule has 1 aromatic carbocycles. The molecule has 130 valence electrons. The zero-order valence-electron chi connectivity index (χ0n) is 13.9. The molecule has 1 amide bonds. The molecule has 3 rings (SSSR count). The third kappa shape index (κ3) is 4.15. The molecule has 1 atom stereocenters. The monoisotopic (exact) mass is 331 g/mol. The second-order valence-corrected chi connectivity index (χ2v) is 6.84. The Morgan fingerprint density at radius 2 is 1.83 bits per heavy atom. The molecule has 0 unspecified atom stereocenters. The van der Waals surface area contributed by atoms with Crippen LogP contribution in [-0.4, -0.2) is 47.7 Å². The number of carbonyl (C=O) groups excluding carboxylic acids is 1. The van der Waals surface area contributed by atoms with Gasteiger partial charge in [0, 0.05) is 25.7 Å². The van der Waals surface area contributed by atoms with Crippen LogP contribution >= 0.6 is 0 Å². The maximum absolute atomic E-state index is 12.8. The summed E-state index contributed by atoms with van der Waals surface area (Å²) in [6.07, 6.45) is 4.82. The van der Waals surface area contributed by atoms with Crippen molar-refractivity contribution in [2.75, 3.05) is 19.8 Å². The van der Waals surface area contributed by atoms with Gasteiger partial charge in [0.25, 0.3) is 0 Å². The smallest absolute Gasteiger partial charge is 0.323 e. The van der Waals surface area contributed by atoms with Gasteiger partial charge in [0.15, 0.2) is 0 Å². The lowest BCUT2D eigenvalue weighted by Gasteiger charge is -2.34. The number of amides is 1. The van der Waals surface area contributed by atoms with Crippen LogP contribution in [0.1, 0.15) is 36.8 Å². The number of aryl methyl sites for hydroxylation is 1. The number of carbonyl (C=O) groups is 2. The molecule has 0 bridgehead atoms. The minimum absolute atomic E-state index is 0.00164. The van der Waals surface area contributed by atoms with Gasteiger partial charge < -0.3 is 14.7 Å². The fourth-order valence-corrected chi connectivity index (χ4v) is 3.88. The van der Waals surface area contributed by atoms with E-state index in [-0.39, 0.29) is 18.5 Å². The second kappa shape index (κ2) is 7.79. The molecule has 24 heavy (non-hydrogen) atoms. The van der Waals surface area contributed by atoms with Crippen molar-refractivity contribution >= 4 is 11.9 Å². The van der Waals surface area contributed by atoms with Crippen molar-refractivity contribution in [3.05, 3.63) is 35.4 Å². The predicted molar refractivity (Wildman–Crippen MR) is 89.8 cm³/mol. The largest absolute Gasteiger partial charge is 0.480 e. The molecule has 5 heteroatoms. The van der Waals surface area contributed by atoms with Crippen molar-refractivity contribution in [3.8, 4) is 0 Å². The van der Waals surface area contributed by atoms with Crippen LogP contribution in [0.4, 0.5) is 0 Å². The molecule has 0 saturated carbocycles. The summed E-state index contributed by atoms with van der Waals surface area (Å²) in [4.78, 5) is 25.5. The fourth-order valence-electron chi connectivity index (χ4n) is 3.88. The number of carboxylic acids is 1. The highest BCUT2D eigenvalue weighted by atomic mass is 16.5. The Kier molecular flexibility index (Phi) is 5.51. The van der Waals surface area contributed by atoms with E-state index in [2.05, 4.69) is 18.2 Å². The van der Waals surface area contributed by atoms with Crippen LogP contribution < -0.4 is 0 Å². The molecule has 5 nitrogen and oxygen atoms in total. The minimum Gasteiger partial charge on any atom is -0.480 e. The normalized spacial score (nSPS) is 21.1. The lowest BCUT2D eigenvalue weighted by molar-refractivity contribution is -0.148. The topological polar surface area (TPSA) is 66.8 Å². The maximum atomic E-state index is 12.8. The first kappa shape index (κ1) is 17.0. The molecule has 1 heterocycles. The zero-order chi connectivity index (χ0) is 16.9. The van der Waals surface area contributed by atoms with E-state index in [0.717, 1.165) is 32.1 Å². The van der Waals surface area contributed by atoms with E-state index in [9.17, 15) is 14.7 Å². The van der Waals surface area contributed by atoms with Crippen molar-refractivity contribution in [1.29, 1.82) is 0 Å². The summed E-state index contributed by atoms with van der Waals surface area (Å²) in [5.41, 5.74) is 2.71. The van der Waals surface area contributed by atoms with E-state index in [1.54, 1.807) is 4.90 Å². The van der Waals surface area contributed by atoms with Crippen molar-refractivity contribution in [2.24, 2.45) is 5.92 Å². The molecule has 1 saturated heterocycles. The average Bonchev–Trinajstić information content (AvgIpc) is 2.60. The number of hydrogen-bond donors (Lipinski definition) is 1. The highest BCUT2D eigenvalue weighted by Gasteiger charge is 2.30. The first-order valence-corrected chi connectivity index (χ1v) is 8.79. The minimum atomic E-state index is -0.941. The molecule has 1 aliphatic carbocycles. The number of ether oxygens (including phenoxy) is 1. The van der Waals surface area contributed by atoms with Crippen LogP contribution in [0.3, 0.4) is 0 Å². The summed E-state index contributed by atoms with van der Waals surface area (Å²) in [6, 6.07) is 8.40. The summed E-state index contributed by atoms with van der Waals surface area (Å²) in [6.45, 7) is 1.00. The van der Waals surface area contributed by atoms with Gasteiger partial charge in [-0.15, -0.1) is 0 Å². The van der Waals surface area contributed by atoms with E-state index < -0.39 is 5.97 Å². The van der Waals surface area contributed by atoms with Crippen molar-refractivity contribution in [3.63, 3.8) is 0 Å². The van der Waals surface area contributed by atoms with Gasteiger partial charge in [-0.2, -0.15) is 0 Å². The van der Waals surface area contributed by atoms with Gasteiger partial charge >= 0.3 is 5.97 Å². The van der Waals surface area contributed by atoms with Crippen LogP contribution in [-0.2, 0) is 27.2 Å². The number of fused-ring (bicyclic) bond motifs is 1. The first-order chi connectivity index (χ1) is 11.6. The molecule has 1 fully saturated rings. The van der Waals surface area contributed by atoms with Crippen molar-refractivity contribution < 1.29 is 19.4 Å². The van der Waals surface area contributed by atoms with Crippen molar-refractivity contribution in [1.82, 2.24) is 4.90 Å². The van der Waals surface area contributed by atoms with E-state index >= 15 is 0 Å². The molecule has 0 radical (unpaired) electrons. The molecular weight excluding hydrogens is 306 g/mol. The molecule has 0 spiro atoms. The first-order valence-electron chi connectivity index (χ1n) is 8.79. The third-order valence-corrected chi connectivity index (χ3v) is 5.17. The number of aliphatic carboxylic acids is 1. The molecule has 2 aliphatic rings. The van der Waals surface area contributed by atoms with Crippen LogP contribution in [0, 0.1) is 5.92 Å². The summed E-state index contributed by atoms with van der Waals surface area (Å²) < 4.78 is 5.34. The predicted octanol–water partition coefficient (Wildman–Crippen LogP) is 2.27. The Morgan fingerprint density at radius 3 is 2.54 bits per heavy atom. The Labute approximate surface area is 142 Å². The number of nitrogens with zero attached hydrogens (tertiary/aromatic N) is 1. The van der Waals surface area contributed by atoms with Crippen LogP contribution in [0.25, 0.3) is 0 Å². The zero-order valence-corrected chi connectivity index (χ0v) is 13.9. The standard InChI is InChI=1S/C19H25NO4/c21-18(20(13-19(22)23)17-7-9-24-10-8-17)12-14-5-6-15-3-1-2-4-16(15)11-14/h1-4,14,17H,5-13H2,(H,22,23)/t14-/m0/s1. The van der Waals surface area contributed by atoms with Gasteiger partial charge in [-0.05, 0) is 49.1 Å². The summed E-state index contributed by atoms with van der Waals surface area (Å²) in [5, 5.41) is 9.17. The van der Waals surface area contributed by atoms with Crippen LogP contribution in [0.15, 0.2) is 24.3 Å². The van der Waals surface area contributed by atoms with E-state index in [4.69, 9.17) is 4.74 Å². The van der Waals surface area contributed by atoms with Gasteiger partial charge in [-0.3, -0.25) is 9.59 Å². The Balaban J connectivity index is 1.64. The van der Waals surface area contributed by atoms with Gasteiger partial charge in [0.2, 0.25) is 5.91 Å². The quantitative estimate of drug-likeness (QED) is 0.899. The van der Waals surface area contributed by atoms with Crippen LogP contribution in [0.2, 0.25) is 0 Å². The van der Waals surface area contributed by atoms with Crippen molar-refractivity contribution in [2.45, 2.75) is 44.6 Å². The van der Waals surface area contributed by atoms with Gasteiger partial charge in [0.05, 0.1) is 0 Å². The summed E-state index contributed by atoms with van der Waals surface area (Å²) >= 11 is 0. The third-order valence-electron chi connectivity index (χ3n) is 5.17. The highest BCUT2D eigenvalue weighted by molar-refractivity contribution is 5.81. The number of rotatable bonds is 5. The lowest BCUT2D eigenvalue weighted by atomic mass is 9.82. The number of hydrogen-bond acceptors (Lipinski definition) is 3. The Hall–Kier alpha value is -1.88. The van der Waals surface area contributed by atoms with Gasteiger partial charge in [-0.25, -0.2) is 0 Å². The summed E-state index contributed by atoms with van der Waals surface area (Å²) in [5.74, 6) is -0.652. The number of benzene rings is 1. The Bertz CT molecular complexity index is 595. The maximum Gasteiger partial charge on any atom is 0.323 e. The van der Waals surface area contributed by atoms with E-state index in [1.807, 2.05) is 6.07 Å². The van der Waals surface area contributed by atoms with Gasteiger partial charge in [0.1, 0.15) is 6.54 Å². The SMILES string of the molecule is O=C(O)CN(C(=O)C[C@H]1CCc2ccccc2C1)C1CCOCC1. The van der Waals surface area contributed by atoms with Gasteiger partial charge in [-0.1, -0.05) is 24.3 Å². The highest BCUT2D eigenvalue weighted by Crippen LogP contribution is 2.28. The summed E-state index contributed by atoms with van der Waals surface area (Å²) in [7, 11) is 0. The molecular formula is C19H25NO4. The number of carboxylic acid groups (broad SMARTS) is 1. The molecule has 1 N–H and O–H groups in total. The fraction of sp³-hybridized carbons (Fsp3) is 0.579. The lowest BCUT2D eigenvalue weighted by Crippen LogP contribution is -2.46. The van der Waals surface area contributed by atoms with E-state index in [1.165, 1.54) is 11.1 Å². The van der Waals surface area contributed by atoms with Crippen LogP contribution in [0.5, 0.6) is 0 Å². The average molecular weight is 331 g/mol. The second-order valence-electron chi connectivity index (χ2n) is 6.84. The Morgan fingerprint density at radius 1 is 1.12 bits per heavy atom. The van der Waals surface area contributed by atoms with E-state index in [0.29, 0.717) is 25.6 Å². The molecule has 1 aliphatic heterocycles.